The van der Waals surface area contributed by atoms with Gasteiger partial charge in [0.1, 0.15) is 0 Å². The first-order chi connectivity index (χ1) is 26.0. The predicted octanol–water partition coefficient (Wildman–Crippen LogP) is 13.7. The molecule has 6 rings (SSSR count). The quantitative estimate of drug-likeness (QED) is 0.0608. The fourth-order valence-electron chi connectivity index (χ4n) is 7.68. The Morgan fingerprint density at radius 1 is 0.875 bits per heavy atom. The van der Waals surface area contributed by atoms with E-state index in [1.165, 1.54) is 53.5 Å². The third-order valence-electron chi connectivity index (χ3n) is 10.6. The summed E-state index contributed by atoms with van der Waals surface area (Å²) in [6, 6.07) is 26.1. The number of aliphatic hydroxyl groups excluding tert-OH is 1. The van der Waals surface area contributed by atoms with E-state index in [-0.39, 0.29) is 48.9 Å². The molecule has 0 spiro atoms. The van der Waals surface area contributed by atoms with Gasteiger partial charge in [0.2, 0.25) is 0 Å². The van der Waals surface area contributed by atoms with Crippen molar-refractivity contribution in [2.45, 2.75) is 114 Å². The van der Waals surface area contributed by atoms with Gasteiger partial charge < -0.3 is 5.11 Å². The molecule has 4 nitrogen and oxygen atoms in total. The van der Waals surface area contributed by atoms with Crippen LogP contribution in [0.3, 0.4) is 0 Å². The van der Waals surface area contributed by atoms with Gasteiger partial charge in [-0.3, -0.25) is 14.8 Å². The fourth-order valence-corrected chi connectivity index (χ4v) is 10.5. The molecule has 0 unspecified atom stereocenters. The molecule has 0 atom stereocenters. The zero-order valence-electron chi connectivity index (χ0n) is 35.6. The van der Waals surface area contributed by atoms with Crippen LogP contribution in [0, 0.1) is 37.2 Å². The minimum Gasteiger partial charge on any atom is -0.512 e. The van der Waals surface area contributed by atoms with Crippen molar-refractivity contribution in [2.75, 3.05) is 0 Å². The van der Waals surface area contributed by atoms with Crippen LogP contribution in [0.1, 0.15) is 91.1 Å². The van der Waals surface area contributed by atoms with Crippen molar-refractivity contribution in [2.24, 2.45) is 17.3 Å². The van der Waals surface area contributed by atoms with Gasteiger partial charge in [0, 0.05) is 70.7 Å². The molecule has 0 aliphatic carbocycles. The zero-order chi connectivity index (χ0) is 40.2. The second-order valence-electron chi connectivity index (χ2n) is 17.4. The SMILES string of the molecule is CCC(CC)C(=O)/C=C(\O)C(CC)CC.Cc1cc(-c2cc(-c3ncc([Si](C)(C)C)c4c3sc3cc(CC(C)(C)C)ccc34)[c-]c3ccccc23)cc(C)n1.[Ir]. The van der Waals surface area contributed by atoms with Crippen molar-refractivity contribution < 1.29 is 30.0 Å². The summed E-state index contributed by atoms with van der Waals surface area (Å²) in [5.41, 5.74) is 8.19. The average molecular weight is 962 g/mol. The maximum atomic E-state index is 11.7. The molecule has 3 aromatic heterocycles. The molecular weight excluding hydrogens is 901 g/mol. The van der Waals surface area contributed by atoms with Crippen LogP contribution in [-0.4, -0.2) is 28.9 Å². The van der Waals surface area contributed by atoms with Crippen LogP contribution < -0.4 is 5.19 Å². The molecule has 3 aromatic carbocycles. The van der Waals surface area contributed by atoms with Gasteiger partial charge in [-0.05, 0) is 96.7 Å². The van der Waals surface area contributed by atoms with Gasteiger partial charge in [0.25, 0.3) is 0 Å². The molecule has 0 aliphatic rings. The monoisotopic (exact) mass is 962 g/mol. The van der Waals surface area contributed by atoms with Gasteiger partial charge in [-0.25, -0.2) is 0 Å². The largest absolute Gasteiger partial charge is 0.512 e. The number of ketones is 1. The first-order valence-electron chi connectivity index (χ1n) is 20.2. The number of pyridine rings is 2. The molecule has 7 heteroatoms. The molecular formula is C49H61IrN2O2SSi-. The number of aromatic nitrogens is 2. The summed E-state index contributed by atoms with van der Waals surface area (Å²) in [5, 5.41) is 16.3. The van der Waals surface area contributed by atoms with Crippen molar-refractivity contribution in [3.05, 3.63) is 102 Å². The Balaban J connectivity index is 0.000000372. The van der Waals surface area contributed by atoms with Gasteiger partial charge in [-0.2, -0.15) is 0 Å². The van der Waals surface area contributed by atoms with Gasteiger partial charge in [0.15, 0.2) is 5.78 Å². The van der Waals surface area contributed by atoms with E-state index >= 15 is 0 Å². The summed E-state index contributed by atoms with van der Waals surface area (Å²) >= 11 is 1.90. The normalized spacial score (nSPS) is 12.4. The number of thiophene rings is 1. The van der Waals surface area contributed by atoms with Crippen molar-refractivity contribution in [1.82, 2.24) is 9.97 Å². The van der Waals surface area contributed by atoms with E-state index in [4.69, 9.17) is 4.98 Å². The molecule has 0 amide bonds. The van der Waals surface area contributed by atoms with Crippen molar-refractivity contribution in [3.63, 3.8) is 0 Å². The van der Waals surface area contributed by atoms with Gasteiger partial charge >= 0.3 is 0 Å². The number of hydrogen-bond donors (Lipinski definition) is 1. The maximum absolute atomic E-state index is 11.7. The number of aliphatic hydroxyl groups is 1. The standard InChI is InChI=1S/C36H37N2SSi.C13H24O2.Ir/c1-22-15-26(16-23(2)38-22)30-19-27(18-25-11-9-10-12-28(25)30)34-35-33(32(21-37-34)40(6,7)8)29-14-13-24(17-31(29)39-35)20-36(3,4)5;1-5-10(6-2)12(14)9-13(15)11(7-3)8-4;/h9-17,19,21H,20H2,1-8H3;9-11,14H,5-8H2,1-4H3;/q-1;;/b;12-9-;. The van der Waals surface area contributed by atoms with E-state index in [9.17, 15) is 9.90 Å². The Morgan fingerprint density at radius 3 is 2.09 bits per heavy atom. The summed E-state index contributed by atoms with van der Waals surface area (Å²) in [6.45, 7) is 26.4. The van der Waals surface area contributed by atoms with E-state index in [1.54, 1.807) is 0 Å². The summed E-state index contributed by atoms with van der Waals surface area (Å²) in [5.74, 6) is 0.547. The Bertz CT molecular complexity index is 2320. The number of rotatable bonds is 11. The topological polar surface area (TPSA) is 63.1 Å². The molecule has 1 N–H and O–H groups in total. The van der Waals surface area contributed by atoms with Gasteiger partial charge in [-0.1, -0.05) is 115 Å². The van der Waals surface area contributed by atoms with Crippen molar-refractivity contribution in [1.29, 1.82) is 0 Å². The third kappa shape index (κ3) is 10.5. The molecule has 0 bridgehead atoms. The number of nitrogens with zero attached hydrogens (tertiary/aromatic N) is 2. The van der Waals surface area contributed by atoms with Gasteiger partial charge in [0.05, 0.1) is 13.8 Å². The summed E-state index contributed by atoms with van der Waals surface area (Å²) < 4.78 is 2.63. The first kappa shape index (κ1) is 45.2. The molecule has 0 fully saturated rings. The van der Waals surface area contributed by atoms with E-state index < -0.39 is 8.07 Å². The predicted molar refractivity (Wildman–Crippen MR) is 242 cm³/mol. The summed E-state index contributed by atoms with van der Waals surface area (Å²) in [6.07, 6.45) is 8.14. The molecule has 3 heterocycles. The van der Waals surface area contributed by atoms with Crippen LogP contribution in [0.15, 0.2) is 78.7 Å². The molecule has 56 heavy (non-hydrogen) atoms. The molecule has 1 radical (unpaired) electrons. The summed E-state index contributed by atoms with van der Waals surface area (Å²) in [4.78, 5) is 21.5. The first-order valence-corrected chi connectivity index (χ1v) is 24.5. The molecule has 0 saturated carbocycles. The molecule has 0 aliphatic heterocycles. The summed E-state index contributed by atoms with van der Waals surface area (Å²) in [7, 11) is -1.65. The Kier molecular flexibility index (Phi) is 15.2. The third-order valence-corrected chi connectivity index (χ3v) is 13.8. The Morgan fingerprint density at radius 2 is 1.50 bits per heavy atom. The van der Waals surface area contributed by atoms with Crippen LogP contribution in [-0.2, 0) is 31.3 Å². The molecule has 6 aromatic rings. The number of hydrogen-bond acceptors (Lipinski definition) is 5. The number of aryl methyl sites for hydroxylation is 2. The number of carbonyl (C=O) groups is 1. The minimum atomic E-state index is -1.65. The molecule has 0 saturated heterocycles. The maximum Gasteiger partial charge on any atom is 0.162 e. The van der Waals surface area contributed by atoms with Crippen LogP contribution in [0.5, 0.6) is 0 Å². The van der Waals surface area contributed by atoms with Crippen LogP contribution in [0.4, 0.5) is 0 Å². The van der Waals surface area contributed by atoms with Crippen LogP contribution >= 0.6 is 11.3 Å². The van der Waals surface area contributed by atoms with E-state index in [2.05, 4.69) is 132 Å². The number of benzene rings is 3. The Hall–Kier alpha value is -3.48. The van der Waals surface area contributed by atoms with Crippen molar-refractivity contribution >= 4 is 61.3 Å². The number of allylic oxidation sites excluding steroid dienone is 2. The minimum absolute atomic E-state index is 0. The fraction of sp³-hybridized carbons (Fsp3) is 0.408. The zero-order valence-corrected chi connectivity index (χ0v) is 39.8. The van der Waals surface area contributed by atoms with E-state index in [1.807, 2.05) is 39.0 Å². The number of carbonyl (C=O) groups excluding carboxylic acids is 1. The molecule has 299 valence electrons. The van der Waals surface area contributed by atoms with Crippen LogP contribution in [0.2, 0.25) is 19.6 Å². The smallest absolute Gasteiger partial charge is 0.162 e. The van der Waals surface area contributed by atoms with E-state index in [0.29, 0.717) is 0 Å². The van der Waals surface area contributed by atoms with Crippen LogP contribution in [0.25, 0.3) is 53.3 Å². The average Bonchev–Trinajstić information content (AvgIpc) is 3.49. The Labute approximate surface area is 354 Å². The van der Waals surface area contributed by atoms with Crippen molar-refractivity contribution in [3.8, 4) is 22.4 Å². The van der Waals surface area contributed by atoms with E-state index in [0.717, 1.165) is 60.1 Å². The number of fused-ring (bicyclic) bond motifs is 4. The van der Waals surface area contributed by atoms with Gasteiger partial charge in [-0.15, -0.1) is 34.9 Å². The second kappa shape index (κ2) is 18.8. The second-order valence-corrected chi connectivity index (χ2v) is 23.5.